The minimum Gasteiger partial charge on any atom is -0.442 e. The number of anilines is 2. The number of nitrogens with zero attached hydrogens (tertiary/aromatic N) is 5. The number of halogens is 1. The lowest BCUT2D eigenvalue weighted by atomic mass is 10.2. The van der Waals surface area contributed by atoms with Gasteiger partial charge in [-0.2, -0.15) is 0 Å². The summed E-state index contributed by atoms with van der Waals surface area (Å²) in [5.41, 5.74) is 1.64. The zero-order chi connectivity index (χ0) is 22.7. The second-order valence-electron chi connectivity index (χ2n) is 7.56. The fraction of sp³-hybridized carbons (Fsp3) is 0.381. The molecule has 2 aliphatic heterocycles. The van der Waals surface area contributed by atoms with Crippen molar-refractivity contribution in [2.75, 3.05) is 49.1 Å². The number of rotatable bonds is 5. The highest BCUT2D eigenvalue weighted by Gasteiger charge is 2.33. The molecular formula is C21H23FN6O2S2. The molecule has 2 aliphatic rings. The van der Waals surface area contributed by atoms with Gasteiger partial charge < -0.3 is 19.9 Å². The van der Waals surface area contributed by atoms with E-state index in [1.807, 2.05) is 4.90 Å². The van der Waals surface area contributed by atoms with Crippen LogP contribution in [0, 0.1) is 5.82 Å². The molecule has 3 heterocycles. The average Bonchev–Trinajstić information content (AvgIpc) is 3.18. The number of benzene rings is 1. The van der Waals surface area contributed by atoms with Crippen LogP contribution in [0.1, 0.15) is 12.6 Å². The molecule has 1 aromatic carbocycles. The Kier molecular flexibility index (Phi) is 6.75. The Balaban J connectivity index is 1.37. The summed E-state index contributed by atoms with van der Waals surface area (Å²) in [7, 11) is 0. The Labute approximate surface area is 196 Å². The zero-order valence-corrected chi connectivity index (χ0v) is 19.2. The van der Waals surface area contributed by atoms with Crippen molar-refractivity contribution in [2.45, 2.75) is 13.0 Å². The first-order chi connectivity index (χ1) is 15.4. The lowest BCUT2D eigenvalue weighted by Crippen LogP contribution is -2.49. The summed E-state index contributed by atoms with van der Waals surface area (Å²) < 4.78 is 20.3. The highest BCUT2D eigenvalue weighted by molar-refractivity contribution is 7.80. The van der Waals surface area contributed by atoms with Crippen LogP contribution in [0.15, 0.2) is 36.8 Å². The van der Waals surface area contributed by atoms with Gasteiger partial charge in [-0.05, 0) is 25.1 Å². The third kappa shape index (κ3) is 4.94. The third-order valence-corrected chi connectivity index (χ3v) is 6.00. The Morgan fingerprint density at radius 3 is 2.69 bits per heavy atom. The maximum absolute atomic E-state index is 15.0. The summed E-state index contributed by atoms with van der Waals surface area (Å²) in [5.74, 6) is -0.378. The van der Waals surface area contributed by atoms with Crippen molar-refractivity contribution < 1.29 is 13.9 Å². The molecule has 2 saturated heterocycles. The topological polar surface area (TPSA) is 73.8 Å². The molecule has 168 valence electrons. The monoisotopic (exact) mass is 474 g/mol. The largest absolute Gasteiger partial charge is 0.442 e. The van der Waals surface area contributed by atoms with E-state index in [2.05, 4.69) is 20.2 Å². The third-order valence-electron chi connectivity index (χ3n) is 5.39. The van der Waals surface area contributed by atoms with Gasteiger partial charge in [0.1, 0.15) is 22.6 Å². The van der Waals surface area contributed by atoms with Crippen LogP contribution in [0.4, 0.5) is 20.6 Å². The molecule has 0 saturated carbocycles. The fourth-order valence-electron chi connectivity index (χ4n) is 3.74. The number of ether oxygens (including phenoxy) is 1. The van der Waals surface area contributed by atoms with Crippen molar-refractivity contribution in [3.8, 4) is 0 Å². The highest BCUT2D eigenvalue weighted by Crippen LogP contribution is 2.28. The van der Waals surface area contributed by atoms with Gasteiger partial charge in [0.05, 0.1) is 35.6 Å². The summed E-state index contributed by atoms with van der Waals surface area (Å²) in [6.45, 7) is 5.08. The molecule has 1 N–H and O–H groups in total. The number of amides is 1. The van der Waals surface area contributed by atoms with Gasteiger partial charge in [-0.3, -0.25) is 14.9 Å². The quantitative estimate of drug-likeness (QED) is 0.658. The number of nitrogens with one attached hydrogen (secondary N) is 1. The van der Waals surface area contributed by atoms with E-state index in [9.17, 15) is 9.18 Å². The summed E-state index contributed by atoms with van der Waals surface area (Å²) >= 11 is 10.5. The summed E-state index contributed by atoms with van der Waals surface area (Å²) in [4.78, 5) is 27.3. The van der Waals surface area contributed by atoms with Crippen LogP contribution in [0.2, 0.25) is 0 Å². The number of carbonyl (C=O) groups is 1. The van der Waals surface area contributed by atoms with E-state index in [1.165, 1.54) is 11.0 Å². The fourth-order valence-corrected chi connectivity index (χ4v) is 4.11. The molecule has 0 spiro atoms. The molecule has 1 atom stereocenters. The van der Waals surface area contributed by atoms with Crippen LogP contribution in [0.25, 0.3) is 0 Å². The SMILES string of the molecule is CC(=S)NCC1CN(c2ccc(N3CCN(C(=S)c4cnccn4)CC3)c(F)c2)C(=O)O1. The molecule has 8 nitrogen and oxygen atoms in total. The minimum absolute atomic E-state index is 0.339. The lowest BCUT2D eigenvalue weighted by Gasteiger charge is -2.37. The van der Waals surface area contributed by atoms with Crippen LogP contribution in [0.3, 0.4) is 0 Å². The number of hydrogen-bond donors (Lipinski definition) is 1. The summed E-state index contributed by atoms with van der Waals surface area (Å²) in [6, 6.07) is 4.84. The van der Waals surface area contributed by atoms with Crippen LogP contribution in [-0.2, 0) is 4.74 Å². The maximum atomic E-state index is 15.0. The van der Waals surface area contributed by atoms with Gasteiger partial charge in [-0.15, -0.1) is 0 Å². The van der Waals surface area contributed by atoms with E-state index < -0.39 is 6.09 Å². The molecule has 2 fully saturated rings. The smallest absolute Gasteiger partial charge is 0.414 e. The molecular weight excluding hydrogens is 451 g/mol. The Morgan fingerprint density at radius 2 is 2.03 bits per heavy atom. The Morgan fingerprint density at radius 1 is 1.25 bits per heavy atom. The predicted molar refractivity (Wildman–Crippen MR) is 128 cm³/mol. The van der Waals surface area contributed by atoms with Gasteiger partial charge >= 0.3 is 6.09 Å². The molecule has 1 aromatic heterocycles. The standard InChI is InChI=1S/C21H23FN6O2S2/c1-14(31)25-11-16-13-28(21(29)30-16)15-2-3-19(17(22)10-15)26-6-8-27(9-7-26)20(32)18-12-23-4-5-24-18/h2-5,10,12,16H,6-9,11,13H2,1H3,(H,25,31). The number of aromatic nitrogens is 2. The van der Waals surface area contributed by atoms with Gasteiger partial charge in [0, 0.05) is 38.6 Å². The van der Waals surface area contributed by atoms with E-state index >= 15 is 0 Å². The van der Waals surface area contributed by atoms with E-state index in [4.69, 9.17) is 29.2 Å². The Bertz CT molecular complexity index is 1020. The maximum Gasteiger partial charge on any atom is 0.414 e. The first-order valence-corrected chi connectivity index (χ1v) is 11.1. The number of hydrogen-bond acceptors (Lipinski definition) is 7. The van der Waals surface area contributed by atoms with Crippen molar-refractivity contribution in [3.63, 3.8) is 0 Å². The van der Waals surface area contributed by atoms with E-state index in [-0.39, 0.29) is 11.9 Å². The zero-order valence-electron chi connectivity index (χ0n) is 17.5. The number of carbonyl (C=O) groups excluding carboxylic acids is 1. The first-order valence-electron chi connectivity index (χ1n) is 10.2. The van der Waals surface area contributed by atoms with Crippen molar-refractivity contribution in [3.05, 3.63) is 48.3 Å². The van der Waals surface area contributed by atoms with E-state index in [1.54, 1.807) is 37.6 Å². The van der Waals surface area contributed by atoms with Crippen molar-refractivity contribution in [2.24, 2.45) is 0 Å². The van der Waals surface area contributed by atoms with Crippen LogP contribution < -0.4 is 15.1 Å². The molecule has 1 unspecified atom stereocenters. The molecule has 2 aromatic rings. The van der Waals surface area contributed by atoms with E-state index in [0.29, 0.717) is 66.3 Å². The van der Waals surface area contributed by atoms with Crippen molar-refractivity contribution in [1.82, 2.24) is 20.2 Å². The second-order valence-corrected chi connectivity index (χ2v) is 8.56. The lowest BCUT2D eigenvalue weighted by molar-refractivity contribution is 0.143. The molecule has 32 heavy (non-hydrogen) atoms. The van der Waals surface area contributed by atoms with Gasteiger partial charge in [0.15, 0.2) is 0 Å². The van der Waals surface area contributed by atoms with Crippen LogP contribution in [0.5, 0.6) is 0 Å². The predicted octanol–water partition coefficient (Wildman–Crippen LogP) is 2.38. The van der Waals surface area contributed by atoms with E-state index in [0.717, 1.165) is 0 Å². The van der Waals surface area contributed by atoms with Gasteiger partial charge in [0.25, 0.3) is 0 Å². The number of cyclic esters (lactones) is 1. The number of thiocarbonyl (C=S) groups is 2. The summed E-state index contributed by atoms with van der Waals surface area (Å²) in [5, 5.41) is 2.99. The van der Waals surface area contributed by atoms with Crippen molar-refractivity contribution >= 4 is 51.9 Å². The summed E-state index contributed by atoms with van der Waals surface area (Å²) in [6.07, 6.45) is 4.04. The highest BCUT2D eigenvalue weighted by atomic mass is 32.1. The second kappa shape index (κ2) is 9.70. The minimum atomic E-state index is -0.489. The molecule has 11 heteroatoms. The van der Waals surface area contributed by atoms with Crippen LogP contribution >= 0.6 is 24.4 Å². The normalized spacial score (nSPS) is 18.5. The Hall–Kier alpha value is -2.92. The van der Waals surface area contributed by atoms with Gasteiger partial charge in [0.2, 0.25) is 0 Å². The van der Waals surface area contributed by atoms with Gasteiger partial charge in [-0.1, -0.05) is 24.4 Å². The molecule has 4 rings (SSSR count). The molecule has 0 radical (unpaired) electrons. The van der Waals surface area contributed by atoms with Crippen molar-refractivity contribution in [1.29, 1.82) is 0 Å². The number of piperazine rings is 1. The molecule has 0 aliphatic carbocycles. The van der Waals surface area contributed by atoms with Gasteiger partial charge in [-0.25, -0.2) is 9.18 Å². The van der Waals surface area contributed by atoms with Crippen LogP contribution in [-0.4, -0.2) is 76.3 Å². The average molecular weight is 475 g/mol. The molecule has 1 amide bonds. The first kappa shape index (κ1) is 22.3. The molecule has 0 bridgehead atoms.